The van der Waals surface area contributed by atoms with Crippen LogP contribution < -0.4 is 5.32 Å². The van der Waals surface area contributed by atoms with E-state index in [4.69, 9.17) is 0 Å². The first-order valence-electron chi connectivity index (χ1n) is 7.78. The van der Waals surface area contributed by atoms with Gasteiger partial charge in [-0.15, -0.1) is 0 Å². The van der Waals surface area contributed by atoms with Crippen molar-refractivity contribution in [1.29, 1.82) is 0 Å². The second kappa shape index (κ2) is 5.16. The summed E-state index contributed by atoms with van der Waals surface area (Å²) in [7, 11) is 0. The molecule has 0 aromatic heterocycles. The van der Waals surface area contributed by atoms with E-state index < -0.39 is 0 Å². The number of phenols is 1. The highest BCUT2D eigenvalue weighted by Gasteiger charge is 2.41. The number of benzene rings is 1. The lowest BCUT2D eigenvalue weighted by molar-refractivity contribution is 0.366. The van der Waals surface area contributed by atoms with Crippen LogP contribution in [-0.4, -0.2) is 11.7 Å². The fraction of sp³-hybridized carbons (Fsp3) is 0.647. The summed E-state index contributed by atoms with van der Waals surface area (Å²) in [4.78, 5) is 0. The van der Waals surface area contributed by atoms with Gasteiger partial charge in [0.1, 0.15) is 5.75 Å². The average molecular weight is 259 g/mol. The van der Waals surface area contributed by atoms with Gasteiger partial charge in [0.15, 0.2) is 0 Å². The Bertz CT molecular complexity index is 451. The van der Waals surface area contributed by atoms with E-state index in [1.165, 1.54) is 49.7 Å². The summed E-state index contributed by atoms with van der Waals surface area (Å²) < 4.78 is 0. The van der Waals surface area contributed by atoms with Crippen molar-refractivity contribution in [2.45, 2.75) is 57.9 Å². The van der Waals surface area contributed by atoms with Gasteiger partial charge in [-0.2, -0.15) is 0 Å². The molecule has 0 heterocycles. The summed E-state index contributed by atoms with van der Waals surface area (Å²) in [5, 5.41) is 13.5. The van der Waals surface area contributed by atoms with Crippen LogP contribution in [0.4, 0.5) is 0 Å². The highest BCUT2D eigenvalue weighted by molar-refractivity contribution is 5.38. The predicted molar refractivity (Wildman–Crippen MR) is 78.4 cm³/mol. The van der Waals surface area contributed by atoms with Gasteiger partial charge < -0.3 is 10.4 Å². The maximum Gasteiger partial charge on any atom is 0.115 e. The Morgan fingerprint density at radius 2 is 2.21 bits per heavy atom. The topological polar surface area (TPSA) is 32.3 Å². The highest BCUT2D eigenvalue weighted by atomic mass is 16.3. The lowest BCUT2D eigenvalue weighted by Gasteiger charge is -2.28. The molecule has 1 saturated carbocycles. The van der Waals surface area contributed by atoms with Crippen molar-refractivity contribution in [3.63, 3.8) is 0 Å². The highest BCUT2D eigenvalue weighted by Crippen LogP contribution is 2.49. The summed E-state index contributed by atoms with van der Waals surface area (Å²) in [6.07, 6.45) is 9.08. The molecule has 0 spiro atoms. The largest absolute Gasteiger partial charge is 0.508 e. The molecule has 1 aromatic carbocycles. The van der Waals surface area contributed by atoms with Crippen LogP contribution in [0.5, 0.6) is 5.75 Å². The Hall–Kier alpha value is -1.02. The lowest BCUT2D eigenvalue weighted by atomic mass is 9.87. The molecule has 19 heavy (non-hydrogen) atoms. The average Bonchev–Trinajstić information content (AvgIpc) is 3.17. The van der Waals surface area contributed by atoms with Crippen LogP contribution in [0.2, 0.25) is 0 Å². The predicted octanol–water partition coefficient (Wildman–Crippen LogP) is 3.94. The van der Waals surface area contributed by atoms with Crippen molar-refractivity contribution < 1.29 is 5.11 Å². The van der Waals surface area contributed by atoms with Gasteiger partial charge in [-0.1, -0.05) is 19.4 Å². The molecule has 3 rings (SSSR count). The molecule has 1 unspecified atom stereocenters. The number of rotatable bonds is 5. The standard InChI is InChI=1S/C17H25NO/c1-2-8-17(9-10-17)12-18-16-5-3-4-13-6-7-14(19)11-15(13)16/h6-7,11,16,18-19H,2-5,8-10,12H2,1H3. The van der Waals surface area contributed by atoms with Gasteiger partial charge in [0.05, 0.1) is 0 Å². The smallest absolute Gasteiger partial charge is 0.115 e. The Morgan fingerprint density at radius 1 is 1.37 bits per heavy atom. The number of nitrogens with one attached hydrogen (secondary N) is 1. The molecule has 0 bridgehead atoms. The van der Waals surface area contributed by atoms with Crippen molar-refractivity contribution >= 4 is 0 Å². The van der Waals surface area contributed by atoms with E-state index in [-0.39, 0.29) is 0 Å². The van der Waals surface area contributed by atoms with Gasteiger partial charge >= 0.3 is 0 Å². The molecule has 1 fully saturated rings. The molecular formula is C17H25NO. The van der Waals surface area contributed by atoms with Crippen molar-refractivity contribution in [3.05, 3.63) is 29.3 Å². The summed E-state index contributed by atoms with van der Waals surface area (Å²) >= 11 is 0. The van der Waals surface area contributed by atoms with Gasteiger partial charge in [-0.3, -0.25) is 0 Å². The lowest BCUT2D eigenvalue weighted by Crippen LogP contribution is -2.30. The summed E-state index contributed by atoms with van der Waals surface area (Å²) in [6, 6.07) is 6.33. The molecule has 2 aliphatic carbocycles. The van der Waals surface area contributed by atoms with Gasteiger partial charge in [0.25, 0.3) is 0 Å². The number of aryl methyl sites for hydroxylation is 1. The van der Waals surface area contributed by atoms with Crippen molar-refractivity contribution in [3.8, 4) is 5.75 Å². The van der Waals surface area contributed by atoms with E-state index in [0.29, 0.717) is 17.2 Å². The Kier molecular flexibility index (Phi) is 3.53. The summed E-state index contributed by atoms with van der Waals surface area (Å²) in [6.45, 7) is 3.44. The van der Waals surface area contributed by atoms with Crippen LogP contribution >= 0.6 is 0 Å². The van der Waals surface area contributed by atoms with Gasteiger partial charge in [-0.05, 0) is 67.2 Å². The van der Waals surface area contributed by atoms with Crippen LogP contribution in [0.25, 0.3) is 0 Å². The molecule has 0 radical (unpaired) electrons. The number of fused-ring (bicyclic) bond motifs is 1. The number of hydrogen-bond acceptors (Lipinski definition) is 2. The molecule has 0 aliphatic heterocycles. The molecule has 2 N–H and O–H groups in total. The second-order valence-corrected chi connectivity index (χ2v) is 6.46. The Labute approximate surface area is 116 Å². The fourth-order valence-electron chi connectivity index (χ4n) is 3.56. The maximum atomic E-state index is 9.70. The first-order valence-corrected chi connectivity index (χ1v) is 7.78. The van der Waals surface area contributed by atoms with E-state index in [0.717, 1.165) is 13.0 Å². The molecular weight excluding hydrogens is 234 g/mol. The number of aromatic hydroxyl groups is 1. The third-order valence-corrected chi connectivity index (χ3v) is 4.90. The molecule has 0 amide bonds. The van der Waals surface area contributed by atoms with E-state index in [1.54, 1.807) is 0 Å². The molecule has 2 heteroatoms. The minimum absolute atomic E-state index is 0.405. The molecule has 2 aliphatic rings. The van der Waals surface area contributed by atoms with Crippen molar-refractivity contribution in [1.82, 2.24) is 5.32 Å². The van der Waals surface area contributed by atoms with Gasteiger partial charge in [0, 0.05) is 12.6 Å². The molecule has 0 saturated heterocycles. The molecule has 104 valence electrons. The maximum absolute atomic E-state index is 9.70. The first-order chi connectivity index (χ1) is 9.22. The monoisotopic (exact) mass is 259 g/mol. The molecule has 2 nitrogen and oxygen atoms in total. The van der Waals surface area contributed by atoms with Crippen LogP contribution in [-0.2, 0) is 6.42 Å². The number of hydrogen-bond donors (Lipinski definition) is 2. The van der Waals surface area contributed by atoms with E-state index in [2.05, 4.69) is 18.3 Å². The van der Waals surface area contributed by atoms with Crippen LogP contribution in [0.3, 0.4) is 0 Å². The van der Waals surface area contributed by atoms with Gasteiger partial charge in [0.2, 0.25) is 0 Å². The van der Waals surface area contributed by atoms with Crippen molar-refractivity contribution in [2.24, 2.45) is 5.41 Å². The minimum atomic E-state index is 0.405. The zero-order valence-corrected chi connectivity index (χ0v) is 11.9. The van der Waals surface area contributed by atoms with Crippen LogP contribution in [0.1, 0.15) is 62.6 Å². The fourth-order valence-corrected chi connectivity index (χ4v) is 3.56. The van der Waals surface area contributed by atoms with E-state index in [1.807, 2.05) is 12.1 Å². The molecule has 1 aromatic rings. The zero-order chi connectivity index (χ0) is 13.3. The summed E-state index contributed by atoms with van der Waals surface area (Å²) in [5.41, 5.74) is 3.35. The van der Waals surface area contributed by atoms with Gasteiger partial charge in [-0.25, -0.2) is 0 Å². The third-order valence-electron chi connectivity index (χ3n) is 4.90. The SMILES string of the molecule is CCCC1(CNC2CCCc3ccc(O)cc32)CC1. The van der Waals surface area contributed by atoms with E-state index in [9.17, 15) is 5.11 Å². The third kappa shape index (κ3) is 2.79. The quantitative estimate of drug-likeness (QED) is 0.839. The number of phenolic OH excluding ortho intramolecular Hbond substituents is 1. The minimum Gasteiger partial charge on any atom is -0.508 e. The molecule has 1 atom stereocenters. The first kappa shape index (κ1) is 13.0. The van der Waals surface area contributed by atoms with Crippen molar-refractivity contribution in [2.75, 3.05) is 6.54 Å². The zero-order valence-electron chi connectivity index (χ0n) is 11.9. The normalized spacial score (nSPS) is 23.9. The Balaban J connectivity index is 1.68. The summed E-state index contributed by atoms with van der Waals surface area (Å²) in [5.74, 6) is 0.405. The van der Waals surface area contributed by atoms with Crippen LogP contribution in [0, 0.1) is 5.41 Å². The Morgan fingerprint density at radius 3 is 2.95 bits per heavy atom. The second-order valence-electron chi connectivity index (χ2n) is 6.46. The van der Waals surface area contributed by atoms with E-state index >= 15 is 0 Å². The van der Waals surface area contributed by atoms with Crippen LogP contribution in [0.15, 0.2) is 18.2 Å².